The fourth-order valence-corrected chi connectivity index (χ4v) is 1.46. The molecular weight excluding hydrogens is 152 g/mol. The molecule has 0 aromatic rings. The molecule has 0 aromatic heterocycles. The van der Waals surface area contributed by atoms with Gasteiger partial charge in [-0.2, -0.15) is 0 Å². The Labute approximate surface area is 72.6 Å². The molecule has 0 radical (unpaired) electrons. The zero-order valence-electron chi connectivity index (χ0n) is 7.23. The molecule has 0 bridgehead atoms. The number of hydrogen-bond donors (Lipinski definition) is 1. The predicted molar refractivity (Wildman–Crippen MR) is 47.8 cm³/mol. The Morgan fingerprint density at radius 3 is 2.67 bits per heavy atom. The van der Waals surface area contributed by atoms with Crippen molar-refractivity contribution in [3.05, 3.63) is 24.3 Å². The van der Waals surface area contributed by atoms with Crippen LogP contribution in [0.4, 0.5) is 0 Å². The van der Waals surface area contributed by atoms with Crippen molar-refractivity contribution >= 4 is 5.97 Å². The minimum absolute atomic E-state index is 0.371. The van der Waals surface area contributed by atoms with Crippen LogP contribution in [-0.2, 0) is 4.79 Å². The fraction of sp³-hybridized carbons (Fsp3) is 0.500. The lowest BCUT2D eigenvalue weighted by molar-refractivity contribution is -0.131. The average molecular weight is 166 g/mol. The second-order valence-electron chi connectivity index (χ2n) is 3.26. The van der Waals surface area contributed by atoms with E-state index in [1.165, 1.54) is 6.08 Å². The summed E-state index contributed by atoms with van der Waals surface area (Å²) in [7, 11) is 0. The second-order valence-corrected chi connectivity index (χ2v) is 3.26. The molecular formula is C10H14O2. The Kier molecular flexibility index (Phi) is 3.09. The highest BCUT2D eigenvalue weighted by molar-refractivity contribution is 5.79. The summed E-state index contributed by atoms with van der Waals surface area (Å²) in [6.07, 6.45) is 9.52. The van der Waals surface area contributed by atoms with Crippen LogP contribution in [0.5, 0.6) is 0 Å². The highest BCUT2D eigenvalue weighted by Crippen LogP contribution is 2.26. The predicted octanol–water partition coefficient (Wildman–Crippen LogP) is 2.23. The van der Waals surface area contributed by atoms with E-state index in [1.807, 2.05) is 0 Å². The molecule has 2 heteroatoms. The summed E-state index contributed by atoms with van der Waals surface area (Å²) in [5.41, 5.74) is 0. The van der Waals surface area contributed by atoms with E-state index in [0.717, 1.165) is 12.8 Å². The number of carbonyl (C=O) groups is 1. The van der Waals surface area contributed by atoms with Gasteiger partial charge in [0.1, 0.15) is 0 Å². The number of aliphatic carboxylic acids is 1. The van der Waals surface area contributed by atoms with Crippen molar-refractivity contribution in [3.8, 4) is 0 Å². The molecule has 1 aliphatic carbocycles. The second kappa shape index (κ2) is 4.10. The van der Waals surface area contributed by atoms with Gasteiger partial charge in [0.05, 0.1) is 0 Å². The van der Waals surface area contributed by atoms with Gasteiger partial charge in [-0.3, -0.25) is 0 Å². The lowest BCUT2D eigenvalue weighted by atomic mass is 9.92. The summed E-state index contributed by atoms with van der Waals surface area (Å²) in [5, 5.41) is 8.40. The van der Waals surface area contributed by atoms with Gasteiger partial charge >= 0.3 is 5.97 Å². The van der Waals surface area contributed by atoms with Gasteiger partial charge in [0.25, 0.3) is 0 Å². The normalized spacial score (nSPS) is 20.4. The van der Waals surface area contributed by atoms with Crippen molar-refractivity contribution in [1.82, 2.24) is 0 Å². The minimum Gasteiger partial charge on any atom is -0.478 e. The maximum Gasteiger partial charge on any atom is 0.327 e. The molecule has 1 atom stereocenters. The van der Waals surface area contributed by atoms with Gasteiger partial charge in [0.15, 0.2) is 0 Å². The zero-order valence-corrected chi connectivity index (χ0v) is 7.23. The molecule has 1 N–H and O–H groups in total. The van der Waals surface area contributed by atoms with Crippen LogP contribution in [0.15, 0.2) is 24.3 Å². The SMILES string of the molecule is CC(/C=C/C(=O)O)C1CC=CC1. The van der Waals surface area contributed by atoms with Gasteiger partial charge in [0, 0.05) is 6.08 Å². The van der Waals surface area contributed by atoms with E-state index in [4.69, 9.17) is 5.11 Å². The highest BCUT2D eigenvalue weighted by atomic mass is 16.4. The first kappa shape index (κ1) is 9.04. The smallest absolute Gasteiger partial charge is 0.327 e. The largest absolute Gasteiger partial charge is 0.478 e. The summed E-state index contributed by atoms with van der Waals surface area (Å²) < 4.78 is 0. The van der Waals surface area contributed by atoms with E-state index in [1.54, 1.807) is 6.08 Å². The van der Waals surface area contributed by atoms with Crippen molar-refractivity contribution in [1.29, 1.82) is 0 Å². The molecule has 0 amide bonds. The van der Waals surface area contributed by atoms with Crippen molar-refractivity contribution in [3.63, 3.8) is 0 Å². The van der Waals surface area contributed by atoms with Gasteiger partial charge < -0.3 is 5.11 Å². The first-order valence-electron chi connectivity index (χ1n) is 4.26. The highest BCUT2D eigenvalue weighted by Gasteiger charge is 2.15. The molecule has 2 nitrogen and oxygen atoms in total. The van der Waals surface area contributed by atoms with Crippen molar-refractivity contribution in [2.24, 2.45) is 11.8 Å². The fourth-order valence-electron chi connectivity index (χ4n) is 1.46. The summed E-state index contributed by atoms with van der Waals surface area (Å²) >= 11 is 0. The van der Waals surface area contributed by atoms with E-state index in [9.17, 15) is 4.79 Å². The van der Waals surface area contributed by atoms with Crippen LogP contribution in [0.2, 0.25) is 0 Å². The lowest BCUT2D eigenvalue weighted by Gasteiger charge is -2.13. The van der Waals surface area contributed by atoms with Gasteiger partial charge in [0.2, 0.25) is 0 Å². The topological polar surface area (TPSA) is 37.3 Å². The van der Waals surface area contributed by atoms with Crippen LogP contribution in [-0.4, -0.2) is 11.1 Å². The third-order valence-electron chi connectivity index (χ3n) is 2.33. The molecule has 0 aromatic carbocycles. The van der Waals surface area contributed by atoms with E-state index in [0.29, 0.717) is 11.8 Å². The van der Waals surface area contributed by atoms with Crippen LogP contribution in [0.25, 0.3) is 0 Å². The molecule has 12 heavy (non-hydrogen) atoms. The number of rotatable bonds is 3. The number of hydrogen-bond acceptors (Lipinski definition) is 1. The van der Waals surface area contributed by atoms with Gasteiger partial charge in [-0.1, -0.05) is 25.2 Å². The zero-order chi connectivity index (χ0) is 8.97. The maximum absolute atomic E-state index is 10.2. The molecule has 0 saturated carbocycles. The Hall–Kier alpha value is -1.05. The number of allylic oxidation sites excluding steroid dienone is 3. The van der Waals surface area contributed by atoms with E-state index < -0.39 is 5.97 Å². The van der Waals surface area contributed by atoms with Crippen LogP contribution in [0.3, 0.4) is 0 Å². The monoisotopic (exact) mass is 166 g/mol. The Bertz CT molecular complexity index is 208. The van der Waals surface area contributed by atoms with Crippen LogP contribution in [0.1, 0.15) is 19.8 Å². The average Bonchev–Trinajstić information content (AvgIpc) is 2.51. The van der Waals surface area contributed by atoms with Gasteiger partial charge in [-0.25, -0.2) is 4.79 Å². The molecule has 0 aliphatic heterocycles. The van der Waals surface area contributed by atoms with E-state index >= 15 is 0 Å². The molecule has 1 rings (SSSR count). The van der Waals surface area contributed by atoms with Crippen molar-refractivity contribution < 1.29 is 9.90 Å². The Morgan fingerprint density at radius 1 is 1.58 bits per heavy atom. The van der Waals surface area contributed by atoms with E-state index in [-0.39, 0.29) is 0 Å². The van der Waals surface area contributed by atoms with E-state index in [2.05, 4.69) is 19.1 Å². The Balaban J connectivity index is 2.37. The summed E-state index contributed by atoms with van der Waals surface area (Å²) in [6, 6.07) is 0. The minimum atomic E-state index is -0.854. The molecule has 66 valence electrons. The Morgan fingerprint density at radius 2 is 2.17 bits per heavy atom. The summed E-state index contributed by atoms with van der Waals surface area (Å²) in [5.74, 6) is 0.129. The number of carboxylic acids is 1. The van der Waals surface area contributed by atoms with Crippen molar-refractivity contribution in [2.75, 3.05) is 0 Å². The first-order valence-corrected chi connectivity index (χ1v) is 4.26. The quantitative estimate of drug-likeness (QED) is 0.515. The first-order chi connectivity index (χ1) is 5.70. The van der Waals surface area contributed by atoms with Crippen molar-refractivity contribution in [2.45, 2.75) is 19.8 Å². The van der Waals surface area contributed by atoms with Crippen LogP contribution in [0, 0.1) is 11.8 Å². The third-order valence-corrected chi connectivity index (χ3v) is 2.33. The molecule has 0 heterocycles. The molecule has 0 spiro atoms. The van der Waals surface area contributed by atoms with Crippen LogP contribution >= 0.6 is 0 Å². The van der Waals surface area contributed by atoms with Gasteiger partial charge in [-0.15, -0.1) is 0 Å². The maximum atomic E-state index is 10.2. The summed E-state index contributed by atoms with van der Waals surface area (Å²) in [6.45, 7) is 2.07. The number of carboxylic acid groups (broad SMARTS) is 1. The molecule has 1 aliphatic rings. The standard InChI is InChI=1S/C10H14O2/c1-8(6-7-10(11)12)9-4-2-3-5-9/h2-3,6-9H,4-5H2,1H3,(H,11,12)/b7-6+. The third kappa shape index (κ3) is 2.53. The molecule has 1 unspecified atom stereocenters. The van der Waals surface area contributed by atoms with Gasteiger partial charge in [-0.05, 0) is 24.7 Å². The van der Waals surface area contributed by atoms with Crippen LogP contribution < -0.4 is 0 Å². The summed E-state index contributed by atoms with van der Waals surface area (Å²) in [4.78, 5) is 10.2. The molecule has 0 saturated heterocycles. The molecule has 0 fully saturated rings. The lowest BCUT2D eigenvalue weighted by Crippen LogP contribution is -2.05.